The summed E-state index contributed by atoms with van der Waals surface area (Å²) in [5.41, 5.74) is 1.02. The van der Waals surface area contributed by atoms with Gasteiger partial charge in [0.05, 0.1) is 19.8 Å². The molecule has 4 heteroatoms. The number of benzene rings is 1. The van der Waals surface area contributed by atoms with E-state index in [9.17, 15) is 4.79 Å². The maximum atomic E-state index is 11.7. The molecule has 2 N–H and O–H groups in total. The number of amides is 1. The second-order valence-corrected chi connectivity index (χ2v) is 4.17. The molecule has 0 aromatic heterocycles. The smallest absolute Gasteiger partial charge is 0.220 e. The molecule has 1 aromatic rings. The van der Waals surface area contributed by atoms with Gasteiger partial charge in [0, 0.05) is 6.42 Å². The Morgan fingerprint density at radius 3 is 2.78 bits per heavy atom. The summed E-state index contributed by atoms with van der Waals surface area (Å²) in [4.78, 5) is 11.7. The van der Waals surface area contributed by atoms with Gasteiger partial charge in [-0.15, -0.1) is 0 Å². The summed E-state index contributed by atoms with van der Waals surface area (Å²) in [7, 11) is 1.62. The van der Waals surface area contributed by atoms with Gasteiger partial charge in [-0.25, -0.2) is 0 Å². The lowest BCUT2D eigenvalue weighted by Crippen LogP contribution is -2.37. The number of methoxy groups -OCH3 is 1. The Kier molecular flexibility index (Phi) is 6.22. The number of aliphatic hydroxyl groups is 1. The van der Waals surface area contributed by atoms with Crippen LogP contribution in [0.25, 0.3) is 0 Å². The fourth-order valence-corrected chi connectivity index (χ4v) is 1.73. The number of rotatable bonds is 7. The molecule has 0 saturated heterocycles. The molecule has 0 unspecified atom stereocenters. The third kappa shape index (κ3) is 4.37. The molecule has 4 nitrogen and oxygen atoms in total. The Hall–Kier alpha value is -1.55. The van der Waals surface area contributed by atoms with E-state index < -0.39 is 0 Å². The zero-order valence-electron chi connectivity index (χ0n) is 11.0. The molecule has 18 heavy (non-hydrogen) atoms. The predicted molar refractivity (Wildman–Crippen MR) is 70.6 cm³/mol. The summed E-state index contributed by atoms with van der Waals surface area (Å²) >= 11 is 0. The predicted octanol–water partition coefficient (Wildman–Crippen LogP) is 1.51. The zero-order chi connectivity index (χ0) is 13.4. The number of aryl methyl sites for hydroxylation is 1. The van der Waals surface area contributed by atoms with Crippen molar-refractivity contribution < 1.29 is 14.6 Å². The van der Waals surface area contributed by atoms with Crippen LogP contribution in [0.5, 0.6) is 5.75 Å². The first kappa shape index (κ1) is 14.5. The van der Waals surface area contributed by atoms with Gasteiger partial charge in [-0.3, -0.25) is 4.79 Å². The van der Waals surface area contributed by atoms with E-state index >= 15 is 0 Å². The van der Waals surface area contributed by atoms with Crippen LogP contribution in [0.1, 0.15) is 25.3 Å². The number of aliphatic hydroxyl groups excluding tert-OH is 1. The highest BCUT2D eigenvalue weighted by molar-refractivity contribution is 5.76. The van der Waals surface area contributed by atoms with Gasteiger partial charge >= 0.3 is 0 Å². The van der Waals surface area contributed by atoms with Crippen LogP contribution in [0.4, 0.5) is 0 Å². The second kappa shape index (κ2) is 7.71. The van der Waals surface area contributed by atoms with E-state index in [1.807, 2.05) is 31.2 Å². The minimum atomic E-state index is -0.143. The lowest BCUT2D eigenvalue weighted by Gasteiger charge is -2.14. The van der Waals surface area contributed by atoms with E-state index in [0.29, 0.717) is 12.8 Å². The van der Waals surface area contributed by atoms with Gasteiger partial charge in [-0.2, -0.15) is 0 Å². The van der Waals surface area contributed by atoms with Crippen molar-refractivity contribution in [2.75, 3.05) is 13.7 Å². The first-order chi connectivity index (χ1) is 8.71. The van der Waals surface area contributed by atoms with Crippen LogP contribution in [-0.4, -0.2) is 30.8 Å². The van der Waals surface area contributed by atoms with Crippen molar-refractivity contribution in [3.8, 4) is 5.75 Å². The van der Waals surface area contributed by atoms with Gasteiger partial charge in [0.15, 0.2) is 0 Å². The molecule has 1 atom stereocenters. The number of hydrogen-bond donors (Lipinski definition) is 2. The molecule has 0 aliphatic rings. The zero-order valence-corrected chi connectivity index (χ0v) is 11.0. The molecule has 1 aromatic carbocycles. The number of carbonyl (C=O) groups is 1. The summed E-state index contributed by atoms with van der Waals surface area (Å²) in [6.45, 7) is 1.91. The molecule has 0 aliphatic heterocycles. The first-order valence-corrected chi connectivity index (χ1v) is 6.23. The Bertz CT molecular complexity index is 375. The SMILES string of the molecule is CC[C@@H](CO)NC(=O)CCc1ccccc1OC. The maximum Gasteiger partial charge on any atom is 0.220 e. The second-order valence-electron chi connectivity index (χ2n) is 4.17. The fraction of sp³-hybridized carbons (Fsp3) is 0.500. The molecule has 0 saturated carbocycles. The van der Waals surface area contributed by atoms with Gasteiger partial charge < -0.3 is 15.2 Å². The standard InChI is InChI=1S/C14H21NO3/c1-3-12(10-16)15-14(17)9-8-11-6-4-5-7-13(11)18-2/h4-7,12,16H,3,8-10H2,1-2H3,(H,15,17)/t12-/m0/s1. The number of hydrogen-bond acceptors (Lipinski definition) is 3. The first-order valence-electron chi connectivity index (χ1n) is 6.23. The Labute approximate surface area is 108 Å². The highest BCUT2D eigenvalue weighted by Gasteiger charge is 2.10. The van der Waals surface area contributed by atoms with E-state index in [1.54, 1.807) is 7.11 Å². The number of nitrogens with one attached hydrogen (secondary N) is 1. The Morgan fingerprint density at radius 1 is 1.44 bits per heavy atom. The number of ether oxygens (including phenoxy) is 1. The van der Waals surface area contributed by atoms with Gasteiger partial charge in [0.25, 0.3) is 0 Å². The number of para-hydroxylation sites is 1. The van der Waals surface area contributed by atoms with Crippen LogP contribution >= 0.6 is 0 Å². The molecule has 0 fully saturated rings. The van der Waals surface area contributed by atoms with Crippen molar-refractivity contribution in [1.82, 2.24) is 5.32 Å². The molecule has 0 spiro atoms. The lowest BCUT2D eigenvalue weighted by atomic mass is 10.1. The molecule has 0 heterocycles. The van der Waals surface area contributed by atoms with Crippen molar-refractivity contribution in [3.63, 3.8) is 0 Å². The molecule has 0 aliphatic carbocycles. The van der Waals surface area contributed by atoms with Crippen LogP contribution in [0, 0.1) is 0 Å². The van der Waals surface area contributed by atoms with Crippen molar-refractivity contribution in [2.24, 2.45) is 0 Å². The lowest BCUT2D eigenvalue weighted by molar-refractivity contribution is -0.122. The van der Waals surface area contributed by atoms with E-state index in [0.717, 1.165) is 17.7 Å². The van der Waals surface area contributed by atoms with Gasteiger partial charge in [0.2, 0.25) is 5.91 Å². The van der Waals surface area contributed by atoms with Crippen molar-refractivity contribution >= 4 is 5.91 Å². The Morgan fingerprint density at radius 2 is 2.17 bits per heavy atom. The van der Waals surface area contributed by atoms with E-state index in [1.165, 1.54) is 0 Å². The van der Waals surface area contributed by atoms with E-state index in [4.69, 9.17) is 9.84 Å². The minimum absolute atomic E-state index is 0.0170. The largest absolute Gasteiger partial charge is 0.496 e. The summed E-state index contributed by atoms with van der Waals surface area (Å²) in [5, 5.41) is 11.8. The fourth-order valence-electron chi connectivity index (χ4n) is 1.73. The summed E-state index contributed by atoms with van der Waals surface area (Å²) in [5.74, 6) is 0.765. The van der Waals surface area contributed by atoms with Gasteiger partial charge in [0.1, 0.15) is 5.75 Å². The van der Waals surface area contributed by atoms with Crippen LogP contribution in [0.2, 0.25) is 0 Å². The normalized spacial score (nSPS) is 11.9. The van der Waals surface area contributed by atoms with Gasteiger partial charge in [-0.1, -0.05) is 25.1 Å². The molecule has 0 bridgehead atoms. The Balaban J connectivity index is 2.47. The summed E-state index contributed by atoms with van der Waals surface area (Å²) in [6, 6.07) is 7.53. The maximum absolute atomic E-state index is 11.7. The molecular weight excluding hydrogens is 230 g/mol. The van der Waals surface area contributed by atoms with Crippen LogP contribution < -0.4 is 10.1 Å². The monoisotopic (exact) mass is 251 g/mol. The van der Waals surface area contributed by atoms with Crippen LogP contribution in [0.3, 0.4) is 0 Å². The molecule has 1 amide bonds. The van der Waals surface area contributed by atoms with Gasteiger partial charge in [-0.05, 0) is 24.5 Å². The summed E-state index contributed by atoms with van der Waals surface area (Å²) < 4.78 is 5.23. The third-order valence-corrected chi connectivity index (χ3v) is 2.89. The van der Waals surface area contributed by atoms with Crippen molar-refractivity contribution in [1.29, 1.82) is 0 Å². The molecular formula is C14H21NO3. The quantitative estimate of drug-likeness (QED) is 0.772. The van der Waals surface area contributed by atoms with Crippen molar-refractivity contribution in [2.45, 2.75) is 32.2 Å². The topological polar surface area (TPSA) is 58.6 Å². The van der Waals surface area contributed by atoms with Crippen LogP contribution in [0.15, 0.2) is 24.3 Å². The molecule has 100 valence electrons. The van der Waals surface area contributed by atoms with E-state index in [2.05, 4.69) is 5.32 Å². The summed E-state index contributed by atoms with van der Waals surface area (Å²) in [6.07, 6.45) is 1.77. The van der Waals surface area contributed by atoms with Crippen LogP contribution in [-0.2, 0) is 11.2 Å². The minimum Gasteiger partial charge on any atom is -0.496 e. The number of carbonyl (C=O) groups excluding carboxylic acids is 1. The third-order valence-electron chi connectivity index (χ3n) is 2.89. The highest BCUT2D eigenvalue weighted by Crippen LogP contribution is 2.18. The average Bonchev–Trinajstić information content (AvgIpc) is 2.42. The highest BCUT2D eigenvalue weighted by atomic mass is 16.5. The molecule has 1 rings (SSSR count). The molecule has 0 radical (unpaired) electrons. The average molecular weight is 251 g/mol. The van der Waals surface area contributed by atoms with Crippen molar-refractivity contribution in [3.05, 3.63) is 29.8 Å². The van der Waals surface area contributed by atoms with E-state index in [-0.39, 0.29) is 18.6 Å².